The number of carbonyl (C=O) groups is 2. The Bertz CT molecular complexity index is 1270. The summed E-state index contributed by atoms with van der Waals surface area (Å²) in [6, 6.07) is 16.9. The van der Waals surface area contributed by atoms with Gasteiger partial charge in [-0.25, -0.2) is 0 Å². The van der Waals surface area contributed by atoms with Crippen molar-refractivity contribution in [1.29, 1.82) is 0 Å². The van der Waals surface area contributed by atoms with Gasteiger partial charge in [0.1, 0.15) is 17.3 Å². The molecule has 7 nitrogen and oxygen atoms in total. The number of aryl methyl sites for hydroxylation is 1. The fourth-order valence-electron chi connectivity index (χ4n) is 4.18. The van der Waals surface area contributed by atoms with Crippen molar-refractivity contribution in [3.63, 3.8) is 0 Å². The average molecular weight is 473 g/mol. The molecule has 7 heteroatoms. The zero-order valence-electron chi connectivity index (χ0n) is 20.2. The van der Waals surface area contributed by atoms with Crippen LogP contribution >= 0.6 is 0 Å². The fraction of sp³-hybridized carbons (Fsp3) is 0.250. The Labute approximate surface area is 204 Å². The van der Waals surface area contributed by atoms with E-state index >= 15 is 0 Å². The van der Waals surface area contributed by atoms with Crippen LogP contribution in [-0.4, -0.2) is 39.9 Å². The first kappa shape index (κ1) is 24.0. The molecule has 1 atom stereocenters. The Morgan fingerprint density at radius 2 is 1.83 bits per heavy atom. The number of aliphatic hydroxyl groups is 1. The monoisotopic (exact) mass is 472 g/mol. The highest BCUT2D eigenvalue weighted by atomic mass is 16.5. The third-order valence-corrected chi connectivity index (χ3v) is 5.84. The molecule has 1 aliphatic heterocycles. The average Bonchev–Trinajstić information content (AvgIpc) is 3.10. The van der Waals surface area contributed by atoms with Crippen LogP contribution in [0.2, 0.25) is 0 Å². The van der Waals surface area contributed by atoms with Crippen molar-refractivity contribution in [2.45, 2.75) is 39.5 Å². The lowest BCUT2D eigenvalue weighted by Crippen LogP contribution is -2.29. The van der Waals surface area contributed by atoms with Gasteiger partial charge in [-0.15, -0.1) is 0 Å². The first-order chi connectivity index (χ1) is 16.8. The number of hydrogen-bond acceptors (Lipinski definition) is 6. The van der Waals surface area contributed by atoms with E-state index in [1.54, 1.807) is 67.9 Å². The van der Waals surface area contributed by atoms with Gasteiger partial charge >= 0.3 is 0 Å². The van der Waals surface area contributed by atoms with Crippen molar-refractivity contribution in [2.75, 3.05) is 7.11 Å². The van der Waals surface area contributed by atoms with Crippen molar-refractivity contribution < 1.29 is 24.2 Å². The summed E-state index contributed by atoms with van der Waals surface area (Å²) in [7, 11) is 1.57. The second-order valence-electron chi connectivity index (χ2n) is 8.67. The number of amides is 1. The minimum Gasteiger partial charge on any atom is -0.507 e. The number of aromatic nitrogens is 1. The number of ether oxygens (including phenoxy) is 2. The van der Waals surface area contributed by atoms with Gasteiger partial charge in [-0.3, -0.25) is 14.6 Å². The molecule has 1 fully saturated rings. The number of hydrogen-bond donors (Lipinski definition) is 1. The van der Waals surface area contributed by atoms with E-state index in [0.29, 0.717) is 28.3 Å². The minimum absolute atomic E-state index is 0.000129. The SMILES string of the molecule is COc1ccc(C2/C(=C(/O)c3ccc(OC(C)C)c(C)c3)C(=O)C(=O)N2Cc2ccccn2)cc1. The van der Waals surface area contributed by atoms with Crippen molar-refractivity contribution in [2.24, 2.45) is 0 Å². The summed E-state index contributed by atoms with van der Waals surface area (Å²) < 4.78 is 11.1. The molecule has 1 N–H and O–H groups in total. The lowest BCUT2D eigenvalue weighted by atomic mass is 9.94. The van der Waals surface area contributed by atoms with Crippen LogP contribution in [0.5, 0.6) is 11.5 Å². The standard InChI is InChI=1S/C28H28N2O5/c1-17(2)35-23-13-10-20(15-18(23)3)26(31)24-25(19-8-11-22(34-4)12-9-19)30(28(33)27(24)32)16-21-7-5-6-14-29-21/h5-15,17,25,31H,16H2,1-4H3/b26-24-. The molecular formula is C28H28N2O5. The van der Waals surface area contributed by atoms with Crippen LogP contribution in [0.25, 0.3) is 5.76 Å². The highest BCUT2D eigenvalue weighted by Crippen LogP contribution is 2.41. The molecule has 2 aromatic carbocycles. The number of aliphatic hydroxyl groups excluding tert-OH is 1. The quantitative estimate of drug-likeness (QED) is 0.302. The van der Waals surface area contributed by atoms with Crippen molar-refractivity contribution >= 4 is 17.4 Å². The van der Waals surface area contributed by atoms with Gasteiger partial charge in [0.25, 0.3) is 11.7 Å². The van der Waals surface area contributed by atoms with Crippen LogP contribution in [0.15, 0.2) is 72.4 Å². The number of rotatable bonds is 7. The van der Waals surface area contributed by atoms with Gasteiger partial charge in [-0.1, -0.05) is 18.2 Å². The Hall–Kier alpha value is -4.13. The molecule has 180 valence electrons. The van der Waals surface area contributed by atoms with Gasteiger partial charge in [0.05, 0.1) is 37.1 Å². The number of ketones is 1. The molecule has 4 rings (SSSR count). The van der Waals surface area contributed by atoms with E-state index < -0.39 is 17.7 Å². The maximum atomic E-state index is 13.2. The molecular weight excluding hydrogens is 444 g/mol. The molecule has 35 heavy (non-hydrogen) atoms. The van der Waals surface area contributed by atoms with Gasteiger partial charge < -0.3 is 19.5 Å². The maximum Gasteiger partial charge on any atom is 0.296 e. The maximum absolute atomic E-state index is 13.2. The molecule has 1 aromatic heterocycles. The van der Waals surface area contributed by atoms with Crippen molar-refractivity contribution in [3.8, 4) is 11.5 Å². The molecule has 0 bridgehead atoms. The summed E-state index contributed by atoms with van der Waals surface area (Å²) in [6.45, 7) is 5.87. The smallest absolute Gasteiger partial charge is 0.296 e. The predicted molar refractivity (Wildman–Crippen MR) is 132 cm³/mol. The molecule has 0 radical (unpaired) electrons. The van der Waals surface area contributed by atoms with E-state index in [9.17, 15) is 14.7 Å². The molecule has 1 aliphatic rings. The van der Waals surface area contributed by atoms with E-state index in [1.807, 2.05) is 26.8 Å². The van der Waals surface area contributed by atoms with Gasteiger partial charge in [0.2, 0.25) is 0 Å². The Morgan fingerprint density at radius 3 is 2.43 bits per heavy atom. The summed E-state index contributed by atoms with van der Waals surface area (Å²) >= 11 is 0. The summed E-state index contributed by atoms with van der Waals surface area (Å²) in [4.78, 5) is 32.2. The van der Waals surface area contributed by atoms with Gasteiger partial charge in [-0.05, 0) is 74.4 Å². The van der Waals surface area contributed by atoms with E-state index in [0.717, 1.165) is 5.56 Å². The Kier molecular flexibility index (Phi) is 6.87. The van der Waals surface area contributed by atoms with Crippen LogP contribution in [-0.2, 0) is 16.1 Å². The highest BCUT2D eigenvalue weighted by molar-refractivity contribution is 6.46. The van der Waals surface area contributed by atoms with Gasteiger partial charge in [-0.2, -0.15) is 0 Å². The molecule has 1 saturated heterocycles. The lowest BCUT2D eigenvalue weighted by molar-refractivity contribution is -0.140. The minimum atomic E-state index is -0.783. The van der Waals surface area contributed by atoms with E-state index in [2.05, 4.69) is 4.98 Å². The third-order valence-electron chi connectivity index (χ3n) is 5.84. The second kappa shape index (κ2) is 10.0. The lowest BCUT2D eigenvalue weighted by Gasteiger charge is -2.25. The number of methoxy groups -OCH3 is 1. The summed E-state index contributed by atoms with van der Waals surface area (Å²) in [5.41, 5.74) is 2.60. The second-order valence-corrected chi connectivity index (χ2v) is 8.67. The van der Waals surface area contributed by atoms with Crippen LogP contribution in [0.4, 0.5) is 0 Å². The largest absolute Gasteiger partial charge is 0.507 e. The van der Waals surface area contributed by atoms with Crippen molar-refractivity contribution in [3.05, 3.63) is 94.8 Å². The molecule has 3 aromatic rings. The fourth-order valence-corrected chi connectivity index (χ4v) is 4.18. The topological polar surface area (TPSA) is 89.0 Å². The molecule has 0 aliphatic carbocycles. The third kappa shape index (κ3) is 4.89. The van der Waals surface area contributed by atoms with E-state index in [4.69, 9.17) is 9.47 Å². The molecule has 1 amide bonds. The zero-order valence-corrected chi connectivity index (χ0v) is 20.2. The van der Waals surface area contributed by atoms with E-state index in [-0.39, 0.29) is 24.0 Å². The normalized spacial score (nSPS) is 17.2. The number of carbonyl (C=O) groups excluding carboxylic acids is 2. The molecule has 2 heterocycles. The number of pyridine rings is 1. The Balaban J connectivity index is 1.82. The predicted octanol–water partition coefficient (Wildman–Crippen LogP) is 4.81. The van der Waals surface area contributed by atoms with E-state index in [1.165, 1.54) is 4.90 Å². The first-order valence-electron chi connectivity index (χ1n) is 11.4. The summed E-state index contributed by atoms with van der Waals surface area (Å²) in [5, 5.41) is 11.3. The first-order valence-corrected chi connectivity index (χ1v) is 11.4. The Morgan fingerprint density at radius 1 is 1.09 bits per heavy atom. The molecule has 0 saturated carbocycles. The van der Waals surface area contributed by atoms with Crippen LogP contribution in [0, 0.1) is 6.92 Å². The number of nitrogens with zero attached hydrogens (tertiary/aromatic N) is 2. The summed E-state index contributed by atoms with van der Waals surface area (Å²) in [6.07, 6.45) is 1.64. The molecule has 1 unspecified atom stereocenters. The number of Topliss-reactive ketones (excluding diaryl/α,β-unsaturated/α-hetero) is 1. The molecule has 0 spiro atoms. The van der Waals surface area contributed by atoms with Crippen LogP contribution in [0.1, 0.15) is 42.3 Å². The zero-order chi connectivity index (χ0) is 25.1. The number of benzene rings is 2. The van der Waals surface area contributed by atoms with Crippen LogP contribution in [0.3, 0.4) is 0 Å². The number of likely N-dealkylation sites (tertiary alicyclic amines) is 1. The highest BCUT2D eigenvalue weighted by Gasteiger charge is 2.46. The summed E-state index contributed by atoms with van der Waals surface area (Å²) in [5.74, 6) is -0.313. The van der Waals surface area contributed by atoms with Gasteiger partial charge in [0.15, 0.2) is 0 Å². The van der Waals surface area contributed by atoms with Crippen molar-refractivity contribution in [1.82, 2.24) is 9.88 Å². The van der Waals surface area contributed by atoms with Crippen LogP contribution < -0.4 is 9.47 Å². The van der Waals surface area contributed by atoms with Gasteiger partial charge in [0, 0.05) is 11.8 Å².